The van der Waals surface area contributed by atoms with Crippen molar-refractivity contribution in [3.05, 3.63) is 55.2 Å². The Kier molecular flexibility index (Phi) is 4.07. The predicted octanol–water partition coefficient (Wildman–Crippen LogP) is 4.79. The highest BCUT2D eigenvalue weighted by molar-refractivity contribution is 7.12. The third-order valence-corrected chi connectivity index (χ3v) is 4.13. The van der Waals surface area contributed by atoms with Gasteiger partial charge in [0, 0.05) is 20.8 Å². The molecule has 0 bridgehead atoms. The van der Waals surface area contributed by atoms with Gasteiger partial charge in [-0.15, -0.1) is 11.3 Å². The molecule has 1 aromatic heterocycles. The maximum atomic E-state index is 11.0. The minimum Gasteiger partial charge on any atom is -0.372 e. The fourth-order valence-electron chi connectivity index (χ4n) is 1.77. The molecule has 0 aliphatic rings. The molecule has 0 aliphatic heterocycles. The Hall–Kier alpha value is -1.59. The van der Waals surface area contributed by atoms with Crippen LogP contribution < -0.4 is 5.32 Å². The summed E-state index contributed by atoms with van der Waals surface area (Å²) in [7, 11) is 0. The number of nitrogens with one attached hydrogen (secondary N) is 1. The Morgan fingerprint density at radius 3 is 2.68 bits per heavy atom. The molecule has 2 aromatic rings. The molecule has 0 radical (unpaired) electrons. The summed E-state index contributed by atoms with van der Waals surface area (Å²) < 4.78 is 0. The molecular formula is C13H13ClN2O2S. The predicted molar refractivity (Wildman–Crippen MR) is 79.2 cm³/mol. The fourth-order valence-corrected chi connectivity index (χ4v) is 2.83. The third kappa shape index (κ3) is 3.24. The van der Waals surface area contributed by atoms with E-state index in [0.717, 1.165) is 4.88 Å². The van der Waals surface area contributed by atoms with Gasteiger partial charge in [-0.05, 0) is 38.1 Å². The maximum absolute atomic E-state index is 11.0. The van der Waals surface area contributed by atoms with E-state index >= 15 is 0 Å². The number of nitro benzene ring substituents is 1. The zero-order valence-electron chi connectivity index (χ0n) is 10.5. The van der Waals surface area contributed by atoms with Gasteiger partial charge in [0.05, 0.1) is 11.0 Å². The number of rotatable bonds is 4. The minimum atomic E-state index is -0.412. The van der Waals surface area contributed by atoms with E-state index in [9.17, 15) is 10.1 Å². The molecule has 0 aliphatic carbocycles. The highest BCUT2D eigenvalue weighted by atomic mass is 35.5. The molecule has 2 rings (SSSR count). The standard InChI is InChI=1S/C13H13ClN2O2S/c1-8-3-6-13(19-8)9(2)15-11-7-10(14)4-5-12(11)16(17)18/h3-7,9,15H,1-2H3. The van der Waals surface area contributed by atoms with E-state index in [4.69, 9.17) is 11.6 Å². The van der Waals surface area contributed by atoms with Gasteiger partial charge in [0.15, 0.2) is 0 Å². The minimum absolute atomic E-state index is 0.00383. The largest absolute Gasteiger partial charge is 0.372 e. The molecule has 0 spiro atoms. The van der Waals surface area contributed by atoms with Crippen LogP contribution in [0.3, 0.4) is 0 Å². The second-order valence-electron chi connectivity index (χ2n) is 4.23. The van der Waals surface area contributed by atoms with Gasteiger partial charge in [-0.25, -0.2) is 0 Å². The van der Waals surface area contributed by atoms with Gasteiger partial charge in [0.1, 0.15) is 5.69 Å². The number of thiophene rings is 1. The number of nitro groups is 1. The van der Waals surface area contributed by atoms with Crippen molar-refractivity contribution in [2.75, 3.05) is 5.32 Å². The van der Waals surface area contributed by atoms with Crippen LogP contribution in [0, 0.1) is 17.0 Å². The highest BCUT2D eigenvalue weighted by Gasteiger charge is 2.17. The summed E-state index contributed by atoms with van der Waals surface area (Å²) >= 11 is 7.56. The first-order valence-electron chi connectivity index (χ1n) is 5.74. The normalized spacial score (nSPS) is 12.2. The Bertz CT molecular complexity index is 612. The Morgan fingerprint density at radius 2 is 2.11 bits per heavy atom. The first-order chi connectivity index (χ1) is 8.97. The van der Waals surface area contributed by atoms with Gasteiger partial charge in [0.25, 0.3) is 5.69 Å². The van der Waals surface area contributed by atoms with Crippen LogP contribution in [0.25, 0.3) is 0 Å². The van der Waals surface area contributed by atoms with Gasteiger partial charge >= 0.3 is 0 Å². The van der Waals surface area contributed by atoms with E-state index in [-0.39, 0.29) is 11.7 Å². The summed E-state index contributed by atoms with van der Waals surface area (Å²) in [6.45, 7) is 4.00. The number of nitrogens with zero attached hydrogens (tertiary/aromatic N) is 1. The van der Waals surface area contributed by atoms with Crippen LogP contribution in [0.4, 0.5) is 11.4 Å². The van der Waals surface area contributed by atoms with Gasteiger partial charge in [-0.3, -0.25) is 10.1 Å². The van der Waals surface area contributed by atoms with Crippen LogP contribution in [0.15, 0.2) is 30.3 Å². The summed E-state index contributed by atoms with van der Waals surface area (Å²) in [6, 6.07) is 8.56. The van der Waals surface area contributed by atoms with Crippen molar-refractivity contribution in [1.29, 1.82) is 0 Å². The van der Waals surface area contributed by atoms with E-state index < -0.39 is 4.92 Å². The van der Waals surface area contributed by atoms with E-state index in [0.29, 0.717) is 10.7 Å². The van der Waals surface area contributed by atoms with Crippen molar-refractivity contribution in [2.45, 2.75) is 19.9 Å². The van der Waals surface area contributed by atoms with Crippen molar-refractivity contribution >= 4 is 34.3 Å². The van der Waals surface area contributed by atoms with Crippen molar-refractivity contribution < 1.29 is 4.92 Å². The van der Waals surface area contributed by atoms with Crippen LogP contribution in [0.2, 0.25) is 5.02 Å². The SMILES string of the molecule is Cc1ccc(C(C)Nc2cc(Cl)ccc2[N+](=O)[O-])s1. The van der Waals surface area contributed by atoms with E-state index in [1.54, 1.807) is 17.4 Å². The third-order valence-electron chi connectivity index (χ3n) is 2.72. The number of hydrogen-bond acceptors (Lipinski definition) is 4. The number of benzene rings is 1. The monoisotopic (exact) mass is 296 g/mol. The zero-order chi connectivity index (χ0) is 14.0. The summed E-state index contributed by atoms with van der Waals surface area (Å²) in [5.74, 6) is 0. The van der Waals surface area contributed by atoms with Gasteiger partial charge in [0.2, 0.25) is 0 Å². The summed E-state index contributed by atoms with van der Waals surface area (Å²) in [4.78, 5) is 12.9. The molecule has 1 N–H and O–H groups in total. The van der Waals surface area contributed by atoms with Crippen LogP contribution in [0.1, 0.15) is 22.7 Å². The Labute approximate surface area is 120 Å². The number of anilines is 1. The first kappa shape index (κ1) is 13.8. The van der Waals surface area contributed by atoms with Crippen LogP contribution in [0.5, 0.6) is 0 Å². The van der Waals surface area contributed by atoms with Crippen LogP contribution >= 0.6 is 22.9 Å². The Balaban J connectivity index is 2.27. The van der Waals surface area contributed by atoms with Crippen molar-refractivity contribution in [1.82, 2.24) is 0 Å². The topological polar surface area (TPSA) is 55.2 Å². The van der Waals surface area contributed by atoms with Crippen LogP contribution in [-0.4, -0.2) is 4.92 Å². The Morgan fingerprint density at radius 1 is 1.37 bits per heavy atom. The molecule has 0 fully saturated rings. The molecule has 4 nitrogen and oxygen atoms in total. The molecule has 0 saturated heterocycles. The number of hydrogen-bond donors (Lipinski definition) is 1. The van der Waals surface area contributed by atoms with Crippen molar-refractivity contribution in [3.63, 3.8) is 0 Å². The molecule has 6 heteroatoms. The lowest BCUT2D eigenvalue weighted by Crippen LogP contribution is -2.06. The van der Waals surface area contributed by atoms with Crippen molar-refractivity contribution in [2.24, 2.45) is 0 Å². The molecule has 1 heterocycles. The van der Waals surface area contributed by atoms with Gasteiger partial charge in [-0.2, -0.15) is 0 Å². The van der Waals surface area contributed by atoms with E-state index in [1.807, 2.05) is 26.0 Å². The maximum Gasteiger partial charge on any atom is 0.292 e. The lowest BCUT2D eigenvalue weighted by molar-refractivity contribution is -0.384. The summed E-state index contributed by atoms with van der Waals surface area (Å²) in [5.41, 5.74) is 0.473. The number of halogens is 1. The van der Waals surface area contributed by atoms with E-state index in [2.05, 4.69) is 5.32 Å². The van der Waals surface area contributed by atoms with E-state index in [1.165, 1.54) is 17.0 Å². The molecule has 19 heavy (non-hydrogen) atoms. The molecule has 1 atom stereocenters. The fraction of sp³-hybridized carbons (Fsp3) is 0.231. The van der Waals surface area contributed by atoms with Crippen LogP contribution in [-0.2, 0) is 0 Å². The van der Waals surface area contributed by atoms with Gasteiger partial charge < -0.3 is 5.32 Å². The molecule has 1 aromatic carbocycles. The average Bonchev–Trinajstić information content (AvgIpc) is 2.75. The summed E-state index contributed by atoms with van der Waals surface area (Å²) in [6.07, 6.45) is 0. The highest BCUT2D eigenvalue weighted by Crippen LogP contribution is 2.32. The molecular weight excluding hydrogens is 284 g/mol. The lowest BCUT2D eigenvalue weighted by atomic mass is 10.2. The molecule has 0 saturated carbocycles. The second-order valence-corrected chi connectivity index (χ2v) is 5.99. The zero-order valence-corrected chi connectivity index (χ0v) is 12.1. The van der Waals surface area contributed by atoms with Crippen molar-refractivity contribution in [3.8, 4) is 0 Å². The second kappa shape index (κ2) is 5.59. The summed E-state index contributed by atoms with van der Waals surface area (Å²) in [5, 5.41) is 14.6. The molecule has 100 valence electrons. The number of aryl methyl sites for hydroxylation is 1. The average molecular weight is 297 g/mol. The molecule has 1 unspecified atom stereocenters. The lowest BCUT2D eigenvalue weighted by Gasteiger charge is -2.14. The first-order valence-corrected chi connectivity index (χ1v) is 6.93. The molecule has 0 amide bonds. The quantitative estimate of drug-likeness (QED) is 0.652. The smallest absolute Gasteiger partial charge is 0.292 e. The van der Waals surface area contributed by atoms with Gasteiger partial charge in [-0.1, -0.05) is 11.6 Å².